The highest BCUT2D eigenvalue weighted by molar-refractivity contribution is 7.22. The zero-order valence-corrected chi connectivity index (χ0v) is 13.8. The fraction of sp³-hybridized carbons (Fsp3) is 0.333. The van der Waals surface area contributed by atoms with Crippen molar-refractivity contribution in [3.8, 4) is 0 Å². The second-order valence-electron chi connectivity index (χ2n) is 5.21. The SMILES string of the molecule is CON(C)C[C@@H](O)Cn1cc(Nc2nc3ccccc3s2)cn1. The van der Waals surface area contributed by atoms with Crippen LogP contribution in [0.15, 0.2) is 36.7 Å². The molecule has 0 saturated heterocycles. The number of hydrogen-bond donors (Lipinski definition) is 2. The molecule has 0 aliphatic rings. The molecule has 2 aromatic heterocycles. The van der Waals surface area contributed by atoms with Crippen molar-refractivity contribution in [3.05, 3.63) is 36.7 Å². The van der Waals surface area contributed by atoms with Crippen LogP contribution in [-0.4, -0.2) is 51.7 Å². The number of aromatic nitrogens is 3. The molecule has 2 heterocycles. The Morgan fingerprint density at radius 3 is 3.04 bits per heavy atom. The summed E-state index contributed by atoms with van der Waals surface area (Å²) < 4.78 is 2.84. The summed E-state index contributed by atoms with van der Waals surface area (Å²) in [5.74, 6) is 0. The van der Waals surface area contributed by atoms with Crippen molar-refractivity contribution < 1.29 is 9.94 Å². The molecule has 0 fully saturated rings. The van der Waals surface area contributed by atoms with Gasteiger partial charge in [-0.2, -0.15) is 10.2 Å². The summed E-state index contributed by atoms with van der Waals surface area (Å²) in [6, 6.07) is 8.01. The number of anilines is 2. The van der Waals surface area contributed by atoms with Crippen LogP contribution in [0.4, 0.5) is 10.8 Å². The number of hydroxylamine groups is 2. The number of likely N-dealkylation sites (N-methyl/N-ethyl adjacent to an activating group) is 1. The molecule has 8 heteroatoms. The number of benzene rings is 1. The van der Waals surface area contributed by atoms with Gasteiger partial charge in [0, 0.05) is 13.2 Å². The van der Waals surface area contributed by atoms with Crippen LogP contribution in [0, 0.1) is 0 Å². The van der Waals surface area contributed by atoms with Crippen LogP contribution in [0.5, 0.6) is 0 Å². The van der Waals surface area contributed by atoms with E-state index in [2.05, 4.69) is 15.4 Å². The normalized spacial score (nSPS) is 12.9. The second kappa shape index (κ2) is 7.05. The first-order valence-corrected chi connectivity index (χ1v) is 8.04. The zero-order chi connectivity index (χ0) is 16.2. The van der Waals surface area contributed by atoms with E-state index < -0.39 is 6.10 Å². The Kier molecular flexibility index (Phi) is 4.87. The van der Waals surface area contributed by atoms with Crippen molar-refractivity contribution in [2.24, 2.45) is 0 Å². The smallest absolute Gasteiger partial charge is 0.188 e. The number of hydrogen-bond acceptors (Lipinski definition) is 7. The summed E-state index contributed by atoms with van der Waals surface area (Å²) in [6.45, 7) is 0.812. The first-order chi connectivity index (χ1) is 11.1. The van der Waals surface area contributed by atoms with Crippen molar-refractivity contribution in [2.45, 2.75) is 12.6 Å². The van der Waals surface area contributed by atoms with Crippen LogP contribution in [0.25, 0.3) is 10.2 Å². The van der Waals surface area contributed by atoms with Crippen LogP contribution in [0.1, 0.15) is 0 Å². The summed E-state index contributed by atoms with van der Waals surface area (Å²) in [5, 5.41) is 19.9. The van der Waals surface area contributed by atoms with Crippen molar-refractivity contribution >= 4 is 32.4 Å². The van der Waals surface area contributed by atoms with Gasteiger partial charge in [0.15, 0.2) is 5.13 Å². The molecule has 122 valence electrons. The molecule has 0 unspecified atom stereocenters. The Labute approximate surface area is 138 Å². The minimum Gasteiger partial charge on any atom is -0.390 e. The van der Waals surface area contributed by atoms with Gasteiger partial charge in [-0.25, -0.2) is 4.98 Å². The number of para-hydroxylation sites is 1. The number of rotatable bonds is 7. The van der Waals surface area contributed by atoms with Gasteiger partial charge in [0.1, 0.15) is 0 Å². The molecule has 0 bridgehead atoms. The number of nitrogens with zero attached hydrogens (tertiary/aromatic N) is 4. The highest BCUT2D eigenvalue weighted by atomic mass is 32.1. The number of fused-ring (bicyclic) bond motifs is 1. The first-order valence-electron chi connectivity index (χ1n) is 7.22. The summed E-state index contributed by atoms with van der Waals surface area (Å²) in [5.41, 5.74) is 1.82. The number of nitrogens with one attached hydrogen (secondary N) is 1. The monoisotopic (exact) mass is 333 g/mol. The standard InChI is InChI=1S/C15H19N5O2S/c1-19(22-2)9-12(21)10-20-8-11(7-16-20)17-15-18-13-5-3-4-6-14(13)23-15/h3-8,12,21H,9-10H2,1-2H3,(H,17,18)/t12-/m1/s1. The molecule has 0 aliphatic carbocycles. The lowest BCUT2D eigenvalue weighted by Gasteiger charge is -2.17. The van der Waals surface area contributed by atoms with E-state index in [1.807, 2.05) is 30.5 Å². The summed E-state index contributed by atoms with van der Waals surface area (Å²) in [7, 11) is 3.34. The highest BCUT2D eigenvalue weighted by Crippen LogP contribution is 2.27. The van der Waals surface area contributed by atoms with E-state index in [-0.39, 0.29) is 0 Å². The molecule has 1 atom stereocenters. The van der Waals surface area contributed by atoms with Gasteiger partial charge in [0.2, 0.25) is 0 Å². The molecule has 7 nitrogen and oxygen atoms in total. The minimum absolute atomic E-state index is 0.398. The van der Waals surface area contributed by atoms with E-state index in [4.69, 9.17) is 4.84 Å². The lowest BCUT2D eigenvalue weighted by molar-refractivity contribution is -0.129. The Hall–Kier alpha value is -2.00. The van der Waals surface area contributed by atoms with E-state index in [9.17, 15) is 5.11 Å². The zero-order valence-electron chi connectivity index (χ0n) is 13.0. The van der Waals surface area contributed by atoms with Gasteiger partial charge in [0.05, 0.1) is 48.4 Å². The Bertz CT molecular complexity index is 739. The average molecular weight is 333 g/mol. The van der Waals surface area contributed by atoms with Gasteiger partial charge >= 0.3 is 0 Å². The van der Waals surface area contributed by atoms with Crippen LogP contribution < -0.4 is 5.32 Å². The van der Waals surface area contributed by atoms with Crippen molar-refractivity contribution in [1.29, 1.82) is 0 Å². The van der Waals surface area contributed by atoms with E-state index >= 15 is 0 Å². The first kappa shape index (κ1) is 15.9. The van der Waals surface area contributed by atoms with Crippen molar-refractivity contribution in [1.82, 2.24) is 19.8 Å². The van der Waals surface area contributed by atoms with Gasteiger partial charge in [-0.15, -0.1) is 0 Å². The van der Waals surface area contributed by atoms with Gasteiger partial charge < -0.3 is 15.3 Å². The maximum absolute atomic E-state index is 9.99. The minimum atomic E-state index is -0.560. The van der Waals surface area contributed by atoms with E-state index in [1.54, 1.807) is 41.4 Å². The quantitative estimate of drug-likeness (QED) is 0.645. The van der Waals surface area contributed by atoms with E-state index in [1.165, 1.54) is 0 Å². The molecule has 23 heavy (non-hydrogen) atoms. The lowest BCUT2D eigenvalue weighted by atomic mass is 10.3. The molecule has 0 spiro atoms. The van der Waals surface area contributed by atoms with Gasteiger partial charge in [0.25, 0.3) is 0 Å². The molecule has 3 rings (SSSR count). The third-order valence-electron chi connectivity index (χ3n) is 3.36. The predicted octanol–water partition coefficient (Wildman–Crippen LogP) is 2.09. The van der Waals surface area contributed by atoms with Crippen molar-refractivity contribution in [3.63, 3.8) is 0 Å². The summed E-state index contributed by atoms with van der Waals surface area (Å²) in [6.07, 6.45) is 3.01. The number of thiazole rings is 1. The predicted molar refractivity (Wildman–Crippen MR) is 90.8 cm³/mol. The molecule has 0 saturated carbocycles. The Morgan fingerprint density at radius 1 is 1.43 bits per heavy atom. The summed E-state index contributed by atoms with van der Waals surface area (Å²) in [4.78, 5) is 9.52. The van der Waals surface area contributed by atoms with Crippen LogP contribution in [0.3, 0.4) is 0 Å². The molecule has 0 aliphatic heterocycles. The van der Waals surface area contributed by atoms with Crippen LogP contribution in [0.2, 0.25) is 0 Å². The molecule has 3 aromatic rings. The average Bonchev–Trinajstić information content (AvgIpc) is 3.13. The highest BCUT2D eigenvalue weighted by Gasteiger charge is 2.10. The topological polar surface area (TPSA) is 75.4 Å². The Balaban J connectivity index is 1.62. The molecule has 0 radical (unpaired) electrons. The fourth-order valence-corrected chi connectivity index (χ4v) is 3.11. The molecular formula is C15H19N5O2S. The maximum Gasteiger partial charge on any atom is 0.188 e. The fourth-order valence-electron chi connectivity index (χ4n) is 2.22. The van der Waals surface area contributed by atoms with Gasteiger partial charge in [-0.3, -0.25) is 4.68 Å². The largest absolute Gasteiger partial charge is 0.390 e. The number of aliphatic hydroxyl groups excluding tert-OH is 1. The lowest BCUT2D eigenvalue weighted by Crippen LogP contribution is -2.31. The third-order valence-corrected chi connectivity index (χ3v) is 4.31. The second-order valence-corrected chi connectivity index (χ2v) is 6.24. The summed E-state index contributed by atoms with van der Waals surface area (Å²) >= 11 is 1.59. The molecular weight excluding hydrogens is 314 g/mol. The molecule has 2 N–H and O–H groups in total. The van der Waals surface area contributed by atoms with Gasteiger partial charge in [-0.1, -0.05) is 23.5 Å². The van der Waals surface area contributed by atoms with E-state index in [0.29, 0.717) is 13.1 Å². The van der Waals surface area contributed by atoms with Crippen LogP contribution in [-0.2, 0) is 11.4 Å². The van der Waals surface area contributed by atoms with Crippen molar-refractivity contribution in [2.75, 3.05) is 26.0 Å². The Morgan fingerprint density at radius 2 is 2.26 bits per heavy atom. The molecule has 0 amide bonds. The molecule has 1 aromatic carbocycles. The third kappa shape index (κ3) is 4.05. The van der Waals surface area contributed by atoms with Crippen LogP contribution >= 0.6 is 11.3 Å². The number of aliphatic hydroxyl groups is 1. The van der Waals surface area contributed by atoms with Gasteiger partial charge in [-0.05, 0) is 12.1 Å². The maximum atomic E-state index is 9.99. The van der Waals surface area contributed by atoms with E-state index in [0.717, 1.165) is 21.0 Å².